The molecule has 92 valence electrons. The summed E-state index contributed by atoms with van der Waals surface area (Å²) >= 11 is 0. The molecule has 1 aliphatic rings. The highest BCUT2D eigenvalue weighted by Crippen LogP contribution is 2.19. The van der Waals surface area contributed by atoms with Gasteiger partial charge in [-0.3, -0.25) is 0 Å². The summed E-state index contributed by atoms with van der Waals surface area (Å²) in [6, 6.07) is 10.8. The molecule has 1 fully saturated rings. The van der Waals surface area contributed by atoms with Gasteiger partial charge in [-0.1, -0.05) is 30.3 Å². The van der Waals surface area contributed by atoms with E-state index in [-0.39, 0.29) is 6.04 Å². The molecule has 17 heavy (non-hydrogen) atoms. The van der Waals surface area contributed by atoms with Crippen LogP contribution in [0.4, 0.5) is 4.79 Å². The molecule has 1 aliphatic carbocycles. The molecule has 1 aromatic carbocycles. The first-order valence-electron chi connectivity index (χ1n) is 6.01. The molecule has 2 atom stereocenters. The monoisotopic (exact) mass is 234 g/mol. The Bertz CT molecular complexity index is 367. The van der Waals surface area contributed by atoms with Crippen LogP contribution in [0, 0.1) is 0 Å². The van der Waals surface area contributed by atoms with Crippen molar-refractivity contribution in [2.75, 3.05) is 0 Å². The standard InChI is InChI=1S/C13H18N2O2/c16-13(17)15-12-7-6-11(8-12)14-9-10-4-2-1-3-5-10/h1-5,11-12,14-15H,6-9H2,(H,16,17)/t11-,12?/m1/s1. The Morgan fingerprint density at radius 3 is 2.65 bits per heavy atom. The number of carboxylic acid groups (broad SMARTS) is 1. The Morgan fingerprint density at radius 1 is 1.24 bits per heavy atom. The molecule has 4 nitrogen and oxygen atoms in total. The topological polar surface area (TPSA) is 61.4 Å². The van der Waals surface area contributed by atoms with Gasteiger partial charge in [-0.2, -0.15) is 0 Å². The number of benzene rings is 1. The zero-order valence-corrected chi connectivity index (χ0v) is 9.73. The predicted molar refractivity (Wildman–Crippen MR) is 65.9 cm³/mol. The van der Waals surface area contributed by atoms with E-state index in [1.54, 1.807) is 0 Å². The summed E-state index contributed by atoms with van der Waals surface area (Å²) < 4.78 is 0. The molecule has 4 heteroatoms. The van der Waals surface area contributed by atoms with Crippen LogP contribution in [0.1, 0.15) is 24.8 Å². The second kappa shape index (κ2) is 5.68. The smallest absolute Gasteiger partial charge is 0.404 e. The molecule has 1 saturated carbocycles. The second-order valence-electron chi connectivity index (χ2n) is 4.52. The molecular formula is C13H18N2O2. The van der Waals surface area contributed by atoms with Crippen molar-refractivity contribution in [3.05, 3.63) is 35.9 Å². The summed E-state index contributed by atoms with van der Waals surface area (Å²) in [6.07, 6.45) is 1.94. The Labute approximate surface area is 101 Å². The summed E-state index contributed by atoms with van der Waals surface area (Å²) in [5, 5.41) is 14.7. The zero-order chi connectivity index (χ0) is 12.1. The van der Waals surface area contributed by atoms with E-state index in [2.05, 4.69) is 22.8 Å². The molecule has 1 aromatic rings. The highest BCUT2D eigenvalue weighted by Gasteiger charge is 2.25. The van der Waals surface area contributed by atoms with Crippen LogP contribution in [0.5, 0.6) is 0 Å². The van der Waals surface area contributed by atoms with Gasteiger partial charge in [-0.25, -0.2) is 4.79 Å². The summed E-state index contributed by atoms with van der Waals surface area (Å²) in [4.78, 5) is 10.5. The Kier molecular flexibility index (Phi) is 3.98. The van der Waals surface area contributed by atoms with Crippen LogP contribution >= 0.6 is 0 Å². The van der Waals surface area contributed by atoms with Crippen LogP contribution in [0.25, 0.3) is 0 Å². The van der Waals surface area contributed by atoms with Gasteiger partial charge in [0.25, 0.3) is 0 Å². The lowest BCUT2D eigenvalue weighted by molar-refractivity contribution is 0.190. The number of hydrogen-bond acceptors (Lipinski definition) is 2. The molecular weight excluding hydrogens is 216 g/mol. The van der Waals surface area contributed by atoms with E-state index in [9.17, 15) is 4.79 Å². The lowest BCUT2D eigenvalue weighted by Gasteiger charge is -2.13. The molecule has 0 radical (unpaired) electrons. The van der Waals surface area contributed by atoms with E-state index in [0.717, 1.165) is 25.8 Å². The minimum atomic E-state index is -0.918. The fourth-order valence-corrected chi connectivity index (χ4v) is 2.33. The van der Waals surface area contributed by atoms with Crippen LogP contribution in [0.3, 0.4) is 0 Å². The van der Waals surface area contributed by atoms with Crippen molar-refractivity contribution in [3.63, 3.8) is 0 Å². The molecule has 0 saturated heterocycles. The summed E-state index contributed by atoms with van der Waals surface area (Å²) in [5.74, 6) is 0. The van der Waals surface area contributed by atoms with Crippen molar-refractivity contribution in [2.24, 2.45) is 0 Å². The largest absolute Gasteiger partial charge is 0.465 e. The first kappa shape index (κ1) is 11.9. The highest BCUT2D eigenvalue weighted by molar-refractivity contribution is 5.64. The highest BCUT2D eigenvalue weighted by atomic mass is 16.4. The Hall–Kier alpha value is -1.55. The van der Waals surface area contributed by atoms with E-state index in [1.165, 1.54) is 5.56 Å². The minimum absolute atomic E-state index is 0.112. The first-order chi connectivity index (χ1) is 8.24. The lowest BCUT2D eigenvalue weighted by Crippen LogP contribution is -2.34. The van der Waals surface area contributed by atoms with Gasteiger partial charge in [0.1, 0.15) is 0 Å². The van der Waals surface area contributed by atoms with E-state index in [1.807, 2.05) is 18.2 Å². The van der Waals surface area contributed by atoms with Crippen LogP contribution in [-0.2, 0) is 6.54 Å². The number of hydrogen-bond donors (Lipinski definition) is 3. The van der Waals surface area contributed by atoms with E-state index in [4.69, 9.17) is 5.11 Å². The maximum atomic E-state index is 10.5. The van der Waals surface area contributed by atoms with Gasteiger partial charge in [0.05, 0.1) is 0 Å². The minimum Gasteiger partial charge on any atom is -0.465 e. The fraction of sp³-hybridized carbons (Fsp3) is 0.462. The molecule has 0 spiro atoms. The summed E-state index contributed by atoms with van der Waals surface area (Å²) in [6.45, 7) is 0.852. The summed E-state index contributed by atoms with van der Waals surface area (Å²) in [5.41, 5.74) is 1.27. The third-order valence-electron chi connectivity index (χ3n) is 3.20. The number of amides is 1. The van der Waals surface area contributed by atoms with Crippen molar-refractivity contribution in [3.8, 4) is 0 Å². The predicted octanol–water partition coefficient (Wildman–Crippen LogP) is 1.96. The third kappa shape index (κ3) is 3.75. The number of nitrogens with one attached hydrogen (secondary N) is 2. The average molecular weight is 234 g/mol. The van der Waals surface area contributed by atoms with Gasteiger partial charge < -0.3 is 15.7 Å². The molecule has 0 bridgehead atoms. The normalized spacial score (nSPS) is 23.5. The molecule has 2 rings (SSSR count). The Morgan fingerprint density at radius 2 is 1.94 bits per heavy atom. The first-order valence-corrected chi connectivity index (χ1v) is 6.01. The molecule has 1 amide bonds. The molecule has 0 aromatic heterocycles. The van der Waals surface area contributed by atoms with Gasteiger partial charge in [0, 0.05) is 18.6 Å². The fourth-order valence-electron chi connectivity index (χ4n) is 2.33. The molecule has 0 aliphatic heterocycles. The van der Waals surface area contributed by atoms with Crippen LogP contribution in [-0.4, -0.2) is 23.3 Å². The average Bonchev–Trinajstić information content (AvgIpc) is 2.75. The maximum Gasteiger partial charge on any atom is 0.404 e. The van der Waals surface area contributed by atoms with E-state index >= 15 is 0 Å². The third-order valence-corrected chi connectivity index (χ3v) is 3.20. The number of carbonyl (C=O) groups is 1. The van der Waals surface area contributed by atoms with Crippen LogP contribution in [0.2, 0.25) is 0 Å². The van der Waals surface area contributed by atoms with Crippen LogP contribution in [0.15, 0.2) is 30.3 Å². The van der Waals surface area contributed by atoms with Crippen LogP contribution < -0.4 is 10.6 Å². The van der Waals surface area contributed by atoms with Gasteiger partial charge in [0.2, 0.25) is 0 Å². The van der Waals surface area contributed by atoms with Gasteiger partial charge in [0.15, 0.2) is 0 Å². The summed E-state index contributed by atoms with van der Waals surface area (Å²) in [7, 11) is 0. The Balaban J connectivity index is 1.73. The van der Waals surface area contributed by atoms with Crippen molar-refractivity contribution < 1.29 is 9.90 Å². The second-order valence-corrected chi connectivity index (χ2v) is 4.52. The zero-order valence-electron chi connectivity index (χ0n) is 9.73. The maximum absolute atomic E-state index is 10.5. The van der Waals surface area contributed by atoms with Gasteiger partial charge >= 0.3 is 6.09 Å². The lowest BCUT2D eigenvalue weighted by atomic mass is 10.2. The van der Waals surface area contributed by atoms with E-state index in [0.29, 0.717) is 6.04 Å². The van der Waals surface area contributed by atoms with Crippen molar-refractivity contribution in [1.29, 1.82) is 0 Å². The quantitative estimate of drug-likeness (QED) is 0.746. The molecule has 1 unspecified atom stereocenters. The van der Waals surface area contributed by atoms with Crippen molar-refractivity contribution in [1.82, 2.24) is 10.6 Å². The van der Waals surface area contributed by atoms with Crippen molar-refractivity contribution >= 4 is 6.09 Å². The van der Waals surface area contributed by atoms with Gasteiger partial charge in [-0.15, -0.1) is 0 Å². The SMILES string of the molecule is O=C(O)NC1CC[C@@H](NCc2ccccc2)C1. The molecule has 0 heterocycles. The van der Waals surface area contributed by atoms with E-state index < -0.39 is 6.09 Å². The van der Waals surface area contributed by atoms with Gasteiger partial charge in [-0.05, 0) is 24.8 Å². The van der Waals surface area contributed by atoms with Crippen molar-refractivity contribution in [2.45, 2.75) is 37.9 Å². The number of rotatable bonds is 4. The molecule has 3 N–H and O–H groups in total.